The number of rotatable bonds is 7. The highest BCUT2D eigenvalue weighted by molar-refractivity contribution is 6.04. The summed E-state index contributed by atoms with van der Waals surface area (Å²) < 4.78 is 0. The Balaban J connectivity index is 1.46. The van der Waals surface area contributed by atoms with Crippen LogP contribution in [0, 0.1) is 6.92 Å². The molecule has 2 aliphatic heterocycles. The number of carbonyl (C=O) groups is 2. The van der Waals surface area contributed by atoms with Crippen LogP contribution in [0.25, 0.3) is 0 Å². The van der Waals surface area contributed by atoms with Crippen LogP contribution in [-0.2, 0) is 9.59 Å². The van der Waals surface area contributed by atoms with Crippen molar-refractivity contribution in [2.45, 2.75) is 58.4 Å². The average molecular weight is 385 g/mol. The SMILES string of the molecule is Cc1ccc(C2=NN(CC(=O)NCCCN3CCCCC3C)C(=O)CC2)cc1. The van der Waals surface area contributed by atoms with Crippen molar-refractivity contribution in [2.75, 3.05) is 26.2 Å². The number of benzene rings is 1. The van der Waals surface area contributed by atoms with Crippen molar-refractivity contribution >= 4 is 17.5 Å². The van der Waals surface area contributed by atoms with E-state index in [-0.39, 0.29) is 18.4 Å². The number of likely N-dealkylation sites (tertiary alicyclic amines) is 1. The molecule has 1 aromatic rings. The van der Waals surface area contributed by atoms with Gasteiger partial charge in [-0.3, -0.25) is 9.59 Å². The molecule has 2 aliphatic rings. The lowest BCUT2D eigenvalue weighted by atomic mass is 10.0. The largest absolute Gasteiger partial charge is 0.354 e. The molecule has 0 radical (unpaired) electrons. The van der Waals surface area contributed by atoms with Gasteiger partial charge in [0.05, 0.1) is 5.71 Å². The van der Waals surface area contributed by atoms with Crippen molar-refractivity contribution in [3.8, 4) is 0 Å². The third kappa shape index (κ3) is 5.64. The van der Waals surface area contributed by atoms with Crippen LogP contribution in [0.4, 0.5) is 0 Å². The molecule has 0 saturated carbocycles. The number of aryl methyl sites for hydroxylation is 1. The quantitative estimate of drug-likeness (QED) is 0.735. The van der Waals surface area contributed by atoms with Gasteiger partial charge in [0.2, 0.25) is 11.8 Å². The number of hydrogen-bond donors (Lipinski definition) is 1. The molecule has 3 rings (SSSR count). The number of hydrogen-bond acceptors (Lipinski definition) is 4. The minimum Gasteiger partial charge on any atom is -0.354 e. The van der Waals surface area contributed by atoms with Gasteiger partial charge < -0.3 is 10.2 Å². The number of carbonyl (C=O) groups excluding carboxylic acids is 2. The Bertz CT molecular complexity index is 714. The Labute approximate surface area is 168 Å². The zero-order valence-electron chi connectivity index (χ0n) is 17.1. The van der Waals surface area contributed by atoms with Crippen LogP contribution < -0.4 is 5.32 Å². The van der Waals surface area contributed by atoms with Gasteiger partial charge in [-0.15, -0.1) is 0 Å². The smallest absolute Gasteiger partial charge is 0.243 e. The lowest BCUT2D eigenvalue weighted by Gasteiger charge is -2.33. The third-order valence-electron chi connectivity index (χ3n) is 5.67. The van der Waals surface area contributed by atoms with Gasteiger partial charge in [0.1, 0.15) is 6.54 Å². The fourth-order valence-electron chi connectivity index (χ4n) is 3.87. The minimum absolute atomic E-state index is 0.00564. The van der Waals surface area contributed by atoms with E-state index in [1.165, 1.54) is 29.8 Å². The van der Waals surface area contributed by atoms with E-state index in [2.05, 4.69) is 22.2 Å². The lowest BCUT2D eigenvalue weighted by Crippen LogP contribution is -2.42. The highest BCUT2D eigenvalue weighted by Gasteiger charge is 2.23. The normalized spacial score (nSPS) is 20.8. The number of hydrazone groups is 1. The van der Waals surface area contributed by atoms with Crippen LogP contribution in [0.15, 0.2) is 29.4 Å². The number of piperidine rings is 1. The molecule has 2 amide bonds. The summed E-state index contributed by atoms with van der Waals surface area (Å²) in [6.45, 7) is 7.13. The molecule has 2 heterocycles. The van der Waals surface area contributed by atoms with Crippen LogP contribution in [-0.4, -0.2) is 59.7 Å². The standard InChI is InChI=1S/C22H32N4O2/c1-17-7-9-19(10-8-17)20-11-12-22(28)26(24-20)16-21(27)23-13-5-15-25-14-4-3-6-18(25)2/h7-10,18H,3-6,11-16H2,1-2H3,(H,23,27). The summed E-state index contributed by atoms with van der Waals surface area (Å²) in [6, 6.07) is 8.75. The van der Waals surface area contributed by atoms with Gasteiger partial charge in [-0.05, 0) is 45.2 Å². The molecule has 152 valence electrons. The van der Waals surface area contributed by atoms with E-state index >= 15 is 0 Å². The van der Waals surface area contributed by atoms with Crippen molar-refractivity contribution < 1.29 is 9.59 Å². The molecule has 1 N–H and O–H groups in total. The summed E-state index contributed by atoms with van der Waals surface area (Å²) in [5.74, 6) is -0.234. The second-order valence-corrected chi connectivity index (χ2v) is 7.95. The van der Waals surface area contributed by atoms with Crippen molar-refractivity contribution in [1.82, 2.24) is 15.2 Å². The molecule has 0 aromatic heterocycles. The first-order chi connectivity index (χ1) is 13.5. The van der Waals surface area contributed by atoms with Gasteiger partial charge in [0, 0.05) is 32.0 Å². The van der Waals surface area contributed by atoms with E-state index in [0.717, 1.165) is 30.8 Å². The zero-order valence-corrected chi connectivity index (χ0v) is 17.1. The van der Waals surface area contributed by atoms with Crippen LogP contribution in [0.3, 0.4) is 0 Å². The topological polar surface area (TPSA) is 65.0 Å². The van der Waals surface area contributed by atoms with E-state index in [1.807, 2.05) is 31.2 Å². The lowest BCUT2D eigenvalue weighted by molar-refractivity contribution is -0.136. The van der Waals surface area contributed by atoms with E-state index in [0.29, 0.717) is 25.4 Å². The van der Waals surface area contributed by atoms with Crippen molar-refractivity contribution in [1.29, 1.82) is 0 Å². The first-order valence-corrected chi connectivity index (χ1v) is 10.5. The molecule has 0 spiro atoms. The summed E-state index contributed by atoms with van der Waals surface area (Å²) in [5, 5.41) is 8.70. The maximum absolute atomic E-state index is 12.3. The molecule has 0 bridgehead atoms. The Kier molecular flexibility index (Phi) is 7.20. The van der Waals surface area contributed by atoms with E-state index in [4.69, 9.17) is 0 Å². The van der Waals surface area contributed by atoms with Crippen molar-refractivity contribution in [2.24, 2.45) is 5.10 Å². The van der Waals surface area contributed by atoms with Gasteiger partial charge in [-0.25, -0.2) is 5.01 Å². The van der Waals surface area contributed by atoms with Crippen molar-refractivity contribution in [3.63, 3.8) is 0 Å². The van der Waals surface area contributed by atoms with E-state index in [1.54, 1.807) is 0 Å². The summed E-state index contributed by atoms with van der Waals surface area (Å²) in [5.41, 5.74) is 3.07. The fraction of sp³-hybridized carbons (Fsp3) is 0.591. The predicted molar refractivity (Wildman–Crippen MR) is 111 cm³/mol. The zero-order chi connectivity index (χ0) is 19.9. The predicted octanol–water partition coefficient (Wildman–Crippen LogP) is 2.70. The monoisotopic (exact) mass is 384 g/mol. The molecular weight excluding hydrogens is 352 g/mol. The molecular formula is C22H32N4O2. The molecule has 6 heteroatoms. The third-order valence-corrected chi connectivity index (χ3v) is 5.67. The van der Waals surface area contributed by atoms with Gasteiger partial charge in [0.15, 0.2) is 0 Å². The molecule has 1 aromatic carbocycles. The van der Waals surface area contributed by atoms with Gasteiger partial charge >= 0.3 is 0 Å². The highest BCUT2D eigenvalue weighted by atomic mass is 16.2. The second kappa shape index (κ2) is 9.82. The van der Waals surface area contributed by atoms with Crippen LogP contribution in [0.1, 0.15) is 56.6 Å². The van der Waals surface area contributed by atoms with Crippen molar-refractivity contribution in [3.05, 3.63) is 35.4 Å². The summed E-state index contributed by atoms with van der Waals surface area (Å²) >= 11 is 0. The van der Waals surface area contributed by atoms with Gasteiger partial charge in [-0.2, -0.15) is 5.10 Å². The summed E-state index contributed by atoms with van der Waals surface area (Å²) in [7, 11) is 0. The van der Waals surface area contributed by atoms with Crippen LogP contribution >= 0.6 is 0 Å². The van der Waals surface area contributed by atoms with Gasteiger partial charge in [-0.1, -0.05) is 36.2 Å². The molecule has 1 saturated heterocycles. The second-order valence-electron chi connectivity index (χ2n) is 7.95. The number of amides is 2. The Morgan fingerprint density at radius 1 is 1.21 bits per heavy atom. The fourth-order valence-corrected chi connectivity index (χ4v) is 3.87. The maximum Gasteiger partial charge on any atom is 0.243 e. The Hall–Kier alpha value is -2.21. The number of nitrogens with zero attached hydrogens (tertiary/aromatic N) is 3. The maximum atomic E-state index is 12.3. The first kappa shape index (κ1) is 20.5. The van der Waals surface area contributed by atoms with E-state index < -0.39 is 0 Å². The molecule has 0 aliphatic carbocycles. The molecule has 1 unspecified atom stereocenters. The molecule has 1 fully saturated rings. The number of nitrogens with one attached hydrogen (secondary N) is 1. The Morgan fingerprint density at radius 2 is 2.00 bits per heavy atom. The molecule has 1 atom stereocenters. The first-order valence-electron chi connectivity index (χ1n) is 10.5. The average Bonchev–Trinajstić information content (AvgIpc) is 2.69. The van der Waals surface area contributed by atoms with Crippen LogP contribution in [0.2, 0.25) is 0 Å². The van der Waals surface area contributed by atoms with Crippen LogP contribution in [0.5, 0.6) is 0 Å². The Morgan fingerprint density at radius 3 is 2.75 bits per heavy atom. The summed E-state index contributed by atoms with van der Waals surface area (Å²) in [6.07, 6.45) is 5.81. The van der Waals surface area contributed by atoms with E-state index in [9.17, 15) is 9.59 Å². The minimum atomic E-state index is -0.144. The highest BCUT2D eigenvalue weighted by Crippen LogP contribution is 2.17. The van der Waals surface area contributed by atoms with Gasteiger partial charge in [0.25, 0.3) is 0 Å². The molecule has 6 nitrogen and oxygen atoms in total. The molecule has 28 heavy (non-hydrogen) atoms. The summed E-state index contributed by atoms with van der Waals surface area (Å²) in [4.78, 5) is 26.9.